The van der Waals surface area contributed by atoms with Gasteiger partial charge in [0.1, 0.15) is 23.9 Å². The number of furan rings is 1. The molecule has 0 bridgehead atoms. The number of hydrogen-bond donors (Lipinski definition) is 0. The highest BCUT2D eigenvalue weighted by molar-refractivity contribution is 7.12. The second-order valence-corrected chi connectivity index (χ2v) is 7.51. The molecule has 1 unspecified atom stereocenters. The highest BCUT2D eigenvalue weighted by atomic mass is 32.1. The quantitative estimate of drug-likeness (QED) is 0.520. The molecule has 5 rings (SSSR count). The summed E-state index contributed by atoms with van der Waals surface area (Å²) >= 11 is 1.56. The van der Waals surface area contributed by atoms with Gasteiger partial charge < -0.3 is 4.42 Å². The zero-order valence-electron chi connectivity index (χ0n) is 15.1. The van der Waals surface area contributed by atoms with Gasteiger partial charge in [0, 0.05) is 6.42 Å². The average Bonchev–Trinajstić information content (AvgIpc) is 3.50. The van der Waals surface area contributed by atoms with Gasteiger partial charge in [0.15, 0.2) is 0 Å². The molecule has 0 saturated heterocycles. The van der Waals surface area contributed by atoms with Gasteiger partial charge in [-0.3, -0.25) is 9.59 Å². The van der Waals surface area contributed by atoms with Crippen molar-refractivity contribution in [2.45, 2.75) is 19.0 Å². The molecule has 0 saturated carbocycles. The monoisotopic (exact) mass is 405 g/mol. The molecule has 0 N–H and O–H groups in total. The van der Waals surface area contributed by atoms with Crippen LogP contribution in [0.5, 0.6) is 0 Å². The van der Waals surface area contributed by atoms with E-state index in [1.54, 1.807) is 47.9 Å². The van der Waals surface area contributed by atoms with Crippen molar-refractivity contribution in [3.8, 4) is 0 Å². The molecule has 1 aliphatic heterocycles. The van der Waals surface area contributed by atoms with E-state index in [2.05, 4.69) is 15.4 Å². The van der Waals surface area contributed by atoms with Crippen LogP contribution in [-0.4, -0.2) is 31.6 Å². The van der Waals surface area contributed by atoms with Crippen LogP contribution in [0.2, 0.25) is 0 Å². The smallest absolute Gasteiger partial charge is 0.278 e. The third kappa shape index (κ3) is 3.15. The molecule has 0 radical (unpaired) electrons. The molecule has 144 valence electrons. The summed E-state index contributed by atoms with van der Waals surface area (Å²) < 4.78 is 6.61. The Kier molecular flexibility index (Phi) is 4.28. The Labute approximate surface area is 168 Å². The number of hydrazone groups is 1. The summed E-state index contributed by atoms with van der Waals surface area (Å²) in [5.74, 6) is 0.287. The SMILES string of the molecule is O=C(Cn1nnc2ccccc2c1=O)N1N=C(c2cccs2)CC1c1ccco1. The molecule has 4 aromatic rings. The van der Waals surface area contributed by atoms with Gasteiger partial charge in [-0.25, -0.2) is 9.69 Å². The number of amides is 1. The Bertz CT molecular complexity index is 1260. The normalized spacial score (nSPS) is 16.3. The minimum atomic E-state index is -0.362. The fraction of sp³-hybridized carbons (Fsp3) is 0.150. The van der Waals surface area contributed by atoms with Crippen molar-refractivity contribution in [3.05, 3.63) is 81.2 Å². The van der Waals surface area contributed by atoms with Crippen molar-refractivity contribution in [3.63, 3.8) is 0 Å². The fourth-order valence-corrected chi connectivity index (χ4v) is 4.08. The van der Waals surface area contributed by atoms with Gasteiger partial charge in [-0.05, 0) is 35.7 Å². The molecule has 9 heteroatoms. The molecular formula is C20H15N5O3S. The molecule has 29 heavy (non-hydrogen) atoms. The maximum absolute atomic E-state index is 13.1. The molecule has 4 heterocycles. The van der Waals surface area contributed by atoms with Crippen molar-refractivity contribution >= 4 is 33.9 Å². The summed E-state index contributed by atoms with van der Waals surface area (Å²) in [5.41, 5.74) is 0.945. The first-order valence-corrected chi connectivity index (χ1v) is 9.88. The van der Waals surface area contributed by atoms with Crippen molar-refractivity contribution in [2.75, 3.05) is 0 Å². The first-order chi connectivity index (χ1) is 14.2. The first-order valence-electron chi connectivity index (χ1n) is 9.00. The van der Waals surface area contributed by atoms with Crippen LogP contribution in [0, 0.1) is 0 Å². The lowest BCUT2D eigenvalue weighted by molar-refractivity contribution is -0.134. The van der Waals surface area contributed by atoms with Crippen LogP contribution >= 0.6 is 11.3 Å². The first kappa shape index (κ1) is 17.5. The van der Waals surface area contributed by atoms with Crippen molar-refractivity contribution in [2.24, 2.45) is 5.10 Å². The Morgan fingerprint density at radius 2 is 2.07 bits per heavy atom. The van der Waals surface area contributed by atoms with Crippen LogP contribution in [0.4, 0.5) is 0 Å². The van der Waals surface area contributed by atoms with Gasteiger partial charge in [0.25, 0.3) is 11.5 Å². The molecule has 1 amide bonds. The lowest BCUT2D eigenvalue weighted by Crippen LogP contribution is -2.35. The molecule has 0 spiro atoms. The fourth-order valence-electron chi connectivity index (χ4n) is 3.36. The molecule has 1 atom stereocenters. The minimum absolute atomic E-state index is 0.255. The average molecular weight is 405 g/mol. The largest absolute Gasteiger partial charge is 0.467 e. The maximum atomic E-state index is 13.1. The molecular weight excluding hydrogens is 390 g/mol. The van der Waals surface area contributed by atoms with Crippen molar-refractivity contribution in [1.29, 1.82) is 0 Å². The summed E-state index contributed by atoms with van der Waals surface area (Å²) in [5, 5.41) is 16.3. The van der Waals surface area contributed by atoms with Crippen LogP contribution in [-0.2, 0) is 11.3 Å². The number of nitrogens with zero attached hydrogens (tertiary/aromatic N) is 5. The van der Waals surface area contributed by atoms with Crippen molar-refractivity contribution < 1.29 is 9.21 Å². The second-order valence-electron chi connectivity index (χ2n) is 6.57. The van der Waals surface area contributed by atoms with Crippen LogP contribution in [0.3, 0.4) is 0 Å². The van der Waals surface area contributed by atoms with Crippen LogP contribution in [0.25, 0.3) is 10.9 Å². The predicted octanol–water partition coefficient (Wildman–Crippen LogP) is 2.82. The third-order valence-corrected chi connectivity index (χ3v) is 5.68. The van der Waals surface area contributed by atoms with E-state index in [4.69, 9.17) is 4.42 Å². The Morgan fingerprint density at radius 1 is 1.17 bits per heavy atom. The Morgan fingerprint density at radius 3 is 2.86 bits per heavy atom. The van der Waals surface area contributed by atoms with E-state index >= 15 is 0 Å². The summed E-state index contributed by atoms with van der Waals surface area (Å²) in [7, 11) is 0. The zero-order chi connectivity index (χ0) is 19.8. The maximum Gasteiger partial charge on any atom is 0.278 e. The second kappa shape index (κ2) is 7.10. The minimum Gasteiger partial charge on any atom is -0.467 e. The van der Waals surface area contributed by atoms with Gasteiger partial charge >= 0.3 is 0 Å². The van der Waals surface area contributed by atoms with Crippen molar-refractivity contribution in [1.82, 2.24) is 20.0 Å². The molecule has 3 aromatic heterocycles. The topological polar surface area (TPSA) is 93.6 Å². The molecule has 8 nitrogen and oxygen atoms in total. The standard InChI is InChI=1S/C20H15N5O3S/c26-19(12-24-20(27)13-5-1-2-6-14(13)21-23-24)25-16(17-7-3-9-28-17)11-15(22-25)18-8-4-10-29-18/h1-10,16H,11-12H2. The van der Waals surface area contributed by atoms with Crippen LogP contribution in [0.1, 0.15) is 23.1 Å². The van der Waals surface area contributed by atoms with Gasteiger partial charge in [0.05, 0.1) is 22.2 Å². The van der Waals surface area contributed by atoms with Gasteiger partial charge in [-0.15, -0.1) is 16.4 Å². The van der Waals surface area contributed by atoms with Gasteiger partial charge in [-0.1, -0.05) is 23.4 Å². The number of benzene rings is 1. The predicted molar refractivity (Wildman–Crippen MR) is 108 cm³/mol. The lowest BCUT2D eigenvalue weighted by Gasteiger charge is -2.19. The number of hydrogen-bond acceptors (Lipinski definition) is 7. The number of rotatable bonds is 4. The van der Waals surface area contributed by atoms with Gasteiger partial charge in [0.2, 0.25) is 0 Å². The number of fused-ring (bicyclic) bond motifs is 1. The van der Waals surface area contributed by atoms with E-state index in [1.165, 1.54) is 5.01 Å². The number of thiophene rings is 1. The third-order valence-electron chi connectivity index (χ3n) is 4.76. The molecule has 0 fully saturated rings. The number of carbonyl (C=O) groups excluding carboxylic acids is 1. The summed E-state index contributed by atoms with van der Waals surface area (Å²) in [6, 6.07) is 14.1. The Balaban J connectivity index is 1.48. The van der Waals surface area contributed by atoms with Gasteiger partial charge in [-0.2, -0.15) is 5.10 Å². The molecule has 0 aliphatic carbocycles. The van der Waals surface area contributed by atoms with E-state index < -0.39 is 0 Å². The summed E-state index contributed by atoms with van der Waals surface area (Å²) in [6.07, 6.45) is 2.11. The van der Waals surface area contributed by atoms with E-state index in [9.17, 15) is 9.59 Å². The highest BCUT2D eigenvalue weighted by Gasteiger charge is 2.35. The molecule has 1 aliphatic rings. The number of carbonyl (C=O) groups is 1. The summed E-state index contributed by atoms with van der Waals surface area (Å²) in [4.78, 5) is 26.8. The zero-order valence-corrected chi connectivity index (χ0v) is 16.0. The molecule has 1 aromatic carbocycles. The Hall–Kier alpha value is -3.59. The highest BCUT2D eigenvalue weighted by Crippen LogP contribution is 2.34. The number of aromatic nitrogens is 3. The van der Waals surface area contributed by atoms with Crippen LogP contribution in [0.15, 0.2) is 74.5 Å². The van der Waals surface area contributed by atoms with E-state index in [0.29, 0.717) is 23.1 Å². The van der Waals surface area contributed by atoms with E-state index in [0.717, 1.165) is 15.3 Å². The lowest BCUT2D eigenvalue weighted by atomic mass is 10.1. The van der Waals surface area contributed by atoms with E-state index in [1.807, 2.05) is 23.6 Å². The van der Waals surface area contributed by atoms with Crippen LogP contribution < -0.4 is 5.56 Å². The summed E-state index contributed by atoms with van der Waals surface area (Å²) in [6.45, 7) is -0.255. The van der Waals surface area contributed by atoms with E-state index in [-0.39, 0.29) is 24.1 Å².